The van der Waals surface area contributed by atoms with Crippen LogP contribution in [-0.4, -0.2) is 63.6 Å². The first kappa shape index (κ1) is 21.8. The first-order chi connectivity index (χ1) is 14.5. The second kappa shape index (κ2) is 10.2. The lowest BCUT2D eigenvalue weighted by Crippen LogP contribution is -2.46. The van der Waals surface area contributed by atoms with Gasteiger partial charge in [-0.3, -0.25) is 4.90 Å². The number of aliphatic hydroxyl groups is 1. The van der Waals surface area contributed by atoms with E-state index >= 15 is 0 Å². The number of amides is 2. The lowest BCUT2D eigenvalue weighted by molar-refractivity contribution is 0.238. The van der Waals surface area contributed by atoms with Gasteiger partial charge < -0.3 is 25.0 Å². The van der Waals surface area contributed by atoms with Gasteiger partial charge in [-0.1, -0.05) is 0 Å². The van der Waals surface area contributed by atoms with Crippen LogP contribution in [0.4, 0.5) is 21.9 Å². The highest BCUT2D eigenvalue weighted by Crippen LogP contribution is 2.25. The second-order valence-corrected chi connectivity index (χ2v) is 7.61. The molecule has 0 radical (unpaired) electrons. The summed E-state index contributed by atoms with van der Waals surface area (Å²) in [7, 11) is 1.68. The van der Waals surface area contributed by atoms with Crippen LogP contribution in [0, 0.1) is 0 Å². The Morgan fingerprint density at radius 2 is 1.50 bits per heavy atom. The number of piperazine rings is 1. The fourth-order valence-corrected chi connectivity index (χ4v) is 3.74. The van der Waals surface area contributed by atoms with Crippen LogP contribution < -0.4 is 24.8 Å². The molecule has 7 heteroatoms. The number of hydrogen-bond donors (Lipinski definition) is 2. The quantitative estimate of drug-likeness (QED) is 0.732. The van der Waals surface area contributed by atoms with Crippen molar-refractivity contribution in [1.29, 1.82) is 0 Å². The molecule has 3 rings (SSSR count). The molecule has 1 heterocycles. The van der Waals surface area contributed by atoms with E-state index in [0.29, 0.717) is 0 Å². The van der Waals surface area contributed by atoms with Gasteiger partial charge in [-0.15, -0.1) is 0 Å². The summed E-state index contributed by atoms with van der Waals surface area (Å²) in [5.74, 6) is 0.873. The summed E-state index contributed by atoms with van der Waals surface area (Å²) in [5, 5.41) is 11.7. The highest BCUT2D eigenvalue weighted by atomic mass is 16.5. The van der Waals surface area contributed by atoms with Crippen molar-refractivity contribution in [1.82, 2.24) is 5.32 Å². The smallest absolute Gasteiger partial charge is 0.322 e. The zero-order chi connectivity index (χ0) is 21.5. The molecule has 0 aliphatic carbocycles. The van der Waals surface area contributed by atoms with Crippen molar-refractivity contribution in [2.24, 2.45) is 0 Å². The van der Waals surface area contributed by atoms with Crippen LogP contribution >= 0.6 is 0 Å². The summed E-state index contributed by atoms with van der Waals surface area (Å²) in [6.07, 6.45) is 0. The van der Waals surface area contributed by atoms with Crippen LogP contribution in [0.3, 0.4) is 0 Å². The fraction of sp³-hybridized carbons (Fsp3) is 0.435. The van der Waals surface area contributed by atoms with E-state index in [9.17, 15) is 4.79 Å². The molecule has 2 amide bonds. The van der Waals surface area contributed by atoms with Crippen LogP contribution in [-0.2, 0) is 0 Å². The van der Waals surface area contributed by atoms with Gasteiger partial charge in [0, 0.05) is 55.8 Å². The maximum atomic E-state index is 12.4. The van der Waals surface area contributed by atoms with E-state index in [4.69, 9.17) is 9.84 Å². The van der Waals surface area contributed by atoms with Gasteiger partial charge in [0.1, 0.15) is 5.75 Å². The summed E-state index contributed by atoms with van der Waals surface area (Å²) < 4.78 is 5.24. The number of ether oxygens (including phenoxy) is 1. The molecule has 2 aromatic rings. The fourth-order valence-electron chi connectivity index (χ4n) is 3.74. The van der Waals surface area contributed by atoms with E-state index in [0.717, 1.165) is 43.3 Å². The van der Waals surface area contributed by atoms with Gasteiger partial charge in [-0.05, 0) is 62.4 Å². The second-order valence-electron chi connectivity index (χ2n) is 7.61. The van der Waals surface area contributed by atoms with E-state index in [2.05, 4.69) is 39.4 Å². The van der Waals surface area contributed by atoms with Gasteiger partial charge in [0.05, 0.1) is 13.7 Å². The number of nitrogens with one attached hydrogen (secondary N) is 1. The number of carbonyl (C=O) groups excluding carboxylic acids is 1. The number of hydrogen-bond acceptors (Lipinski definition) is 5. The standard InChI is InChI=1S/C23H32N4O3/c1-18(2)27(23(29)24-12-17-28)21-6-4-19(5-7-21)25-13-15-26(16-14-25)20-8-10-22(30-3)11-9-20/h4-11,18,28H,12-17H2,1-3H3,(H,24,29). The molecule has 1 fully saturated rings. The Balaban J connectivity index is 1.61. The Kier molecular flexibility index (Phi) is 7.41. The lowest BCUT2D eigenvalue weighted by atomic mass is 10.2. The van der Waals surface area contributed by atoms with E-state index in [-0.39, 0.29) is 25.2 Å². The molecule has 0 bridgehead atoms. The molecular weight excluding hydrogens is 380 g/mol. The molecule has 30 heavy (non-hydrogen) atoms. The van der Waals surface area contributed by atoms with E-state index in [1.807, 2.05) is 38.1 Å². The van der Waals surface area contributed by atoms with Crippen molar-refractivity contribution in [3.8, 4) is 5.75 Å². The van der Waals surface area contributed by atoms with Crippen LogP contribution in [0.15, 0.2) is 48.5 Å². The molecule has 0 unspecified atom stereocenters. The average molecular weight is 413 g/mol. The van der Waals surface area contributed by atoms with Crippen molar-refractivity contribution in [2.75, 3.05) is 61.1 Å². The third kappa shape index (κ3) is 5.16. The number of urea groups is 1. The summed E-state index contributed by atoms with van der Waals surface area (Å²) in [6.45, 7) is 7.92. The minimum absolute atomic E-state index is 0.0163. The lowest BCUT2D eigenvalue weighted by Gasteiger charge is -2.37. The number of rotatable bonds is 7. The molecule has 7 nitrogen and oxygen atoms in total. The number of nitrogens with zero attached hydrogens (tertiary/aromatic N) is 3. The van der Waals surface area contributed by atoms with Gasteiger partial charge in [0.2, 0.25) is 0 Å². The molecule has 0 atom stereocenters. The molecule has 0 aromatic heterocycles. The molecule has 2 aromatic carbocycles. The van der Waals surface area contributed by atoms with Crippen molar-refractivity contribution in [3.63, 3.8) is 0 Å². The predicted octanol–water partition coefficient (Wildman–Crippen LogP) is 2.94. The van der Waals surface area contributed by atoms with Crippen molar-refractivity contribution in [3.05, 3.63) is 48.5 Å². The van der Waals surface area contributed by atoms with Crippen LogP contribution in [0.2, 0.25) is 0 Å². The molecule has 0 saturated carbocycles. The molecule has 162 valence electrons. The number of benzene rings is 2. The van der Waals surface area contributed by atoms with Gasteiger partial charge in [0.25, 0.3) is 0 Å². The molecule has 1 saturated heterocycles. The minimum Gasteiger partial charge on any atom is -0.497 e. The molecule has 1 aliphatic rings. The third-order valence-corrected chi connectivity index (χ3v) is 5.33. The Bertz CT molecular complexity index is 800. The Hall–Kier alpha value is -2.93. The van der Waals surface area contributed by atoms with E-state index in [1.165, 1.54) is 5.69 Å². The van der Waals surface area contributed by atoms with Crippen molar-refractivity contribution in [2.45, 2.75) is 19.9 Å². The molecular formula is C23H32N4O3. The number of anilines is 3. The molecule has 2 N–H and O–H groups in total. The Labute approximate surface area is 178 Å². The van der Waals surface area contributed by atoms with Gasteiger partial charge in [0.15, 0.2) is 0 Å². The minimum atomic E-state index is -0.195. The molecule has 1 aliphatic heterocycles. The van der Waals surface area contributed by atoms with Gasteiger partial charge in [-0.25, -0.2) is 4.79 Å². The summed E-state index contributed by atoms with van der Waals surface area (Å²) in [4.78, 5) is 18.9. The zero-order valence-corrected chi connectivity index (χ0v) is 18.0. The van der Waals surface area contributed by atoms with E-state index < -0.39 is 0 Å². The largest absolute Gasteiger partial charge is 0.497 e. The summed E-state index contributed by atoms with van der Waals surface area (Å²) in [5.41, 5.74) is 3.22. The van der Waals surface area contributed by atoms with Gasteiger partial charge in [-0.2, -0.15) is 0 Å². The Morgan fingerprint density at radius 1 is 1.00 bits per heavy atom. The van der Waals surface area contributed by atoms with Crippen molar-refractivity contribution >= 4 is 23.1 Å². The monoisotopic (exact) mass is 412 g/mol. The average Bonchev–Trinajstić information content (AvgIpc) is 2.78. The topological polar surface area (TPSA) is 68.3 Å². The van der Waals surface area contributed by atoms with Crippen molar-refractivity contribution < 1.29 is 14.6 Å². The highest BCUT2D eigenvalue weighted by molar-refractivity contribution is 5.92. The number of carbonyl (C=O) groups is 1. The predicted molar refractivity (Wildman–Crippen MR) is 122 cm³/mol. The first-order valence-electron chi connectivity index (χ1n) is 10.5. The number of methoxy groups -OCH3 is 1. The summed E-state index contributed by atoms with van der Waals surface area (Å²) in [6, 6.07) is 16.2. The third-order valence-electron chi connectivity index (χ3n) is 5.33. The SMILES string of the molecule is COc1ccc(N2CCN(c3ccc(N(C(=O)NCCO)C(C)C)cc3)CC2)cc1. The Morgan fingerprint density at radius 3 is 1.93 bits per heavy atom. The summed E-state index contributed by atoms with van der Waals surface area (Å²) >= 11 is 0. The maximum absolute atomic E-state index is 12.4. The normalized spacial score (nSPS) is 14.0. The van der Waals surface area contributed by atoms with Crippen LogP contribution in [0.25, 0.3) is 0 Å². The molecule has 0 spiro atoms. The zero-order valence-electron chi connectivity index (χ0n) is 18.0. The van der Waals surface area contributed by atoms with Crippen LogP contribution in [0.1, 0.15) is 13.8 Å². The number of aliphatic hydroxyl groups excluding tert-OH is 1. The van der Waals surface area contributed by atoms with E-state index in [1.54, 1.807) is 12.0 Å². The first-order valence-corrected chi connectivity index (χ1v) is 10.5. The maximum Gasteiger partial charge on any atom is 0.322 e. The highest BCUT2D eigenvalue weighted by Gasteiger charge is 2.21. The van der Waals surface area contributed by atoms with Crippen LogP contribution in [0.5, 0.6) is 5.75 Å². The van der Waals surface area contributed by atoms with Gasteiger partial charge >= 0.3 is 6.03 Å².